The molecule has 0 spiro atoms. The van der Waals surface area contributed by atoms with Crippen molar-refractivity contribution < 1.29 is 4.79 Å². The monoisotopic (exact) mass is 373 g/mol. The van der Waals surface area contributed by atoms with Gasteiger partial charge in [0, 0.05) is 16.7 Å². The van der Waals surface area contributed by atoms with Crippen molar-refractivity contribution in [2.24, 2.45) is 0 Å². The van der Waals surface area contributed by atoms with Crippen LogP contribution in [0.1, 0.15) is 29.6 Å². The maximum Gasteiger partial charge on any atom is 0.252 e. The molecule has 1 atom stereocenters. The third-order valence-electron chi connectivity index (χ3n) is 3.23. The number of rotatable bonds is 5. The van der Waals surface area contributed by atoms with E-state index in [0.29, 0.717) is 12.7 Å². The van der Waals surface area contributed by atoms with Gasteiger partial charge in [-0.05, 0) is 60.5 Å². The summed E-state index contributed by atoms with van der Waals surface area (Å²) < 4.78 is 0.986. The Balaban J connectivity index is 1.68. The van der Waals surface area contributed by atoms with Gasteiger partial charge in [-0.3, -0.25) is 4.79 Å². The summed E-state index contributed by atoms with van der Waals surface area (Å²) in [5, 5.41) is 9.78. The van der Waals surface area contributed by atoms with Crippen LogP contribution < -0.4 is 16.0 Å². The third kappa shape index (κ3) is 4.74. The molecule has 5 heteroatoms. The van der Waals surface area contributed by atoms with Gasteiger partial charge in [0.2, 0.25) is 0 Å². The van der Waals surface area contributed by atoms with Crippen molar-refractivity contribution in [1.29, 1.82) is 0 Å². The van der Waals surface area contributed by atoms with Gasteiger partial charge in [0.1, 0.15) is 0 Å². The van der Waals surface area contributed by atoms with Crippen LogP contribution in [0.15, 0.2) is 24.3 Å². The fourth-order valence-electron chi connectivity index (χ4n) is 2.19. The predicted molar refractivity (Wildman–Crippen MR) is 85.1 cm³/mol. The maximum absolute atomic E-state index is 12.0. The molecule has 1 aliphatic rings. The van der Waals surface area contributed by atoms with Gasteiger partial charge in [0.05, 0.1) is 11.7 Å². The molecule has 1 aromatic rings. The normalized spacial score (nSPS) is 19.1. The maximum atomic E-state index is 12.0. The number of carbonyl (C=O) groups excluding carboxylic acids is 1. The first-order chi connectivity index (χ1) is 9.27. The molecule has 0 aromatic heterocycles. The van der Waals surface area contributed by atoms with Crippen molar-refractivity contribution >= 4 is 28.5 Å². The second kappa shape index (κ2) is 7.81. The van der Waals surface area contributed by atoms with Gasteiger partial charge in [-0.2, -0.15) is 0 Å². The minimum Gasteiger partial charge on any atom is -0.351 e. The molecule has 19 heavy (non-hydrogen) atoms. The molecule has 1 unspecified atom stereocenters. The summed E-state index contributed by atoms with van der Waals surface area (Å²) >= 11 is 2.19. The first-order valence-electron chi connectivity index (χ1n) is 6.77. The second-order valence-electron chi connectivity index (χ2n) is 4.69. The van der Waals surface area contributed by atoms with Crippen LogP contribution in [0.5, 0.6) is 0 Å². The van der Waals surface area contributed by atoms with Gasteiger partial charge in [-0.25, -0.2) is 0 Å². The number of hydrogen-bond donors (Lipinski definition) is 3. The smallest absolute Gasteiger partial charge is 0.252 e. The molecular formula is C14H20IN3O. The van der Waals surface area contributed by atoms with E-state index in [9.17, 15) is 4.79 Å². The molecule has 1 heterocycles. The lowest BCUT2D eigenvalue weighted by atomic mass is 10.1. The molecule has 1 amide bonds. The summed E-state index contributed by atoms with van der Waals surface area (Å²) in [6, 6.07) is 7.63. The predicted octanol–water partition coefficient (Wildman–Crippen LogP) is 1.71. The highest BCUT2D eigenvalue weighted by molar-refractivity contribution is 14.1. The number of amides is 1. The van der Waals surface area contributed by atoms with Crippen molar-refractivity contribution in [3.63, 3.8) is 0 Å². The minimum absolute atomic E-state index is 0.00315. The zero-order chi connectivity index (χ0) is 13.5. The molecule has 1 saturated heterocycles. The van der Waals surface area contributed by atoms with Gasteiger partial charge >= 0.3 is 0 Å². The lowest BCUT2D eigenvalue weighted by Gasteiger charge is -2.24. The lowest BCUT2D eigenvalue weighted by molar-refractivity contribution is 0.0952. The van der Waals surface area contributed by atoms with Gasteiger partial charge in [-0.15, -0.1) is 0 Å². The van der Waals surface area contributed by atoms with Crippen LogP contribution in [-0.4, -0.2) is 31.7 Å². The molecule has 4 nitrogen and oxygen atoms in total. The first-order valence-corrected chi connectivity index (χ1v) is 7.85. The van der Waals surface area contributed by atoms with E-state index < -0.39 is 0 Å². The van der Waals surface area contributed by atoms with Gasteiger partial charge < -0.3 is 16.0 Å². The van der Waals surface area contributed by atoms with E-state index in [1.807, 2.05) is 24.3 Å². The summed E-state index contributed by atoms with van der Waals surface area (Å²) in [7, 11) is 0. The largest absolute Gasteiger partial charge is 0.351 e. The van der Waals surface area contributed by atoms with Crippen LogP contribution in [0.2, 0.25) is 0 Å². The number of piperidine rings is 1. The summed E-state index contributed by atoms with van der Waals surface area (Å²) in [5.41, 5.74) is 0.749. The molecule has 0 radical (unpaired) electrons. The van der Waals surface area contributed by atoms with Gasteiger partial charge in [0.15, 0.2) is 0 Å². The molecule has 2 rings (SSSR count). The molecule has 104 valence electrons. The highest BCUT2D eigenvalue weighted by Crippen LogP contribution is 2.10. The standard InChI is InChI=1S/C14H20IN3O/c15-12-6-2-1-5-11(12)14(19)18-10-9-17-13-7-3-4-8-16-13/h1-2,5-6,13,16-17H,3-4,7-10H2,(H,18,19). The highest BCUT2D eigenvalue weighted by Gasteiger charge is 2.11. The summed E-state index contributed by atoms with van der Waals surface area (Å²) in [5.74, 6) is 0.00315. The molecule has 0 saturated carbocycles. The van der Waals surface area contributed by atoms with E-state index >= 15 is 0 Å². The highest BCUT2D eigenvalue weighted by atomic mass is 127. The molecule has 1 aliphatic heterocycles. The zero-order valence-electron chi connectivity index (χ0n) is 10.9. The van der Waals surface area contributed by atoms with Crippen molar-refractivity contribution in [3.05, 3.63) is 33.4 Å². The average Bonchev–Trinajstić information content (AvgIpc) is 2.45. The fraction of sp³-hybridized carbons (Fsp3) is 0.500. The van der Waals surface area contributed by atoms with E-state index in [-0.39, 0.29) is 5.91 Å². The number of carbonyl (C=O) groups is 1. The van der Waals surface area contributed by atoms with E-state index in [1.54, 1.807) is 0 Å². The minimum atomic E-state index is 0.00315. The average molecular weight is 373 g/mol. The number of benzene rings is 1. The Hall–Kier alpha value is -0.660. The first kappa shape index (κ1) is 14.7. The van der Waals surface area contributed by atoms with Gasteiger partial charge in [-0.1, -0.05) is 12.1 Å². The molecule has 3 N–H and O–H groups in total. The number of nitrogens with one attached hydrogen (secondary N) is 3. The molecule has 1 aromatic carbocycles. The topological polar surface area (TPSA) is 53.2 Å². The SMILES string of the molecule is O=C(NCCNC1CCCCN1)c1ccccc1I. The van der Waals surface area contributed by atoms with E-state index in [2.05, 4.69) is 38.5 Å². The van der Waals surface area contributed by atoms with Crippen LogP contribution in [-0.2, 0) is 0 Å². The number of halogens is 1. The Labute approximate surface area is 127 Å². The Bertz CT molecular complexity index is 419. The fourth-order valence-corrected chi connectivity index (χ4v) is 2.82. The third-order valence-corrected chi connectivity index (χ3v) is 4.17. The van der Waals surface area contributed by atoms with E-state index in [4.69, 9.17) is 0 Å². The van der Waals surface area contributed by atoms with Crippen LogP contribution in [0.25, 0.3) is 0 Å². The quantitative estimate of drug-likeness (QED) is 0.544. The molecule has 0 bridgehead atoms. The lowest BCUT2D eigenvalue weighted by Crippen LogP contribution is -2.47. The summed E-state index contributed by atoms with van der Waals surface area (Å²) in [6.45, 7) is 2.54. The molecule has 1 fully saturated rings. The van der Waals surface area contributed by atoms with Crippen LogP contribution >= 0.6 is 22.6 Å². The van der Waals surface area contributed by atoms with Crippen LogP contribution in [0.4, 0.5) is 0 Å². The van der Waals surface area contributed by atoms with E-state index in [1.165, 1.54) is 19.3 Å². The van der Waals surface area contributed by atoms with E-state index in [0.717, 1.165) is 22.2 Å². The number of hydrogen-bond acceptors (Lipinski definition) is 3. The molecular weight excluding hydrogens is 353 g/mol. The Morgan fingerprint density at radius 3 is 2.89 bits per heavy atom. The second-order valence-corrected chi connectivity index (χ2v) is 5.85. The summed E-state index contributed by atoms with van der Waals surface area (Å²) in [6.07, 6.45) is 4.12. The van der Waals surface area contributed by atoms with Crippen molar-refractivity contribution in [3.8, 4) is 0 Å². The Morgan fingerprint density at radius 1 is 1.32 bits per heavy atom. The van der Waals surface area contributed by atoms with Crippen molar-refractivity contribution in [2.75, 3.05) is 19.6 Å². The van der Waals surface area contributed by atoms with Crippen molar-refractivity contribution in [2.45, 2.75) is 25.4 Å². The summed E-state index contributed by atoms with van der Waals surface area (Å²) in [4.78, 5) is 12.0. The van der Waals surface area contributed by atoms with Gasteiger partial charge in [0.25, 0.3) is 5.91 Å². The Morgan fingerprint density at radius 2 is 2.16 bits per heavy atom. The van der Waals surface area contributed by atoms with Crippen LogP contribution in [0.3, 0.4) is 0 Å². The Kier molecular flexibility index (Phi) is 6.06. The molecule has 0 aliphatic carbocycles. The van der Waals surface area contributed by atoms with Crippen LogP contribution in [0, 0.1) is 3.57 Å². The zero-order valence-corrected chi connectivity index (χ0v) is 13.1. The van der Waals surface area contributed by atoms with Crippen molar-refractivity contribution in [1.82, 2.24) is 16.0 Å².